The highest BCUT2D eigenvalue weighted by molar-refractivity contribution is 7.89. The van der Waals surface area contributed by atoms with Crippen molar-refractivity contribution in [1.82, 2.24) is 14.9 Å². The van der Waals surface area contributed by atoms with Crippen LogP contribution in [0.15, 0.2) is 59.5 Å². The predicted octanol–water partition coefficient (Wildman–Crippen LogP) is 1.79. The van der Waals surface area contributed by atoms with Gasteiger partial charge in [-0.05, 0) is 43.2 Å². The second-order valence-electron chi connectivity index (χ2n) is 7.96. The number of likely N-dealkylation sites (tertiary alicyclic amines) is 1. The highest BCUT2D eigenvalue weighted by Crippen LogP contribution is 2.19. The summed E-state index contributed by atoms with van der Waals surface area (Å²) in [7, 11) is -3.97. The molecule has 1 aliphatic heterocycles. The van der Waals surface area contributed by atoms with E-state index in [0.717, 1.165) is 12.0 Å². The average molecular weight is 473 g/mol. The van der Waals surface area contributed by atoms with Crippen molar-refractivity contribution in [3.8, 4) is 0 Å². The van der Waals surface area contributed by atoms with Gasteiger partial charge in [0, 0.05) is 32.1 Å². The zero-order valence-corrected chi connectivity index (χ0v) is 19.4. The Morgan fingerprint density at radius 1 is 1.06 bits per heavy atom. The van der Waals surface area contributed by atoms with Crippen LogP contribution in [-0.2, 0) is 24.4 Å². The minimum absolute atomic E-state index is 0.0291. The zero-order chi connectivity index (χ0) is 24.0. The standard InChI is InChI=1S/C23H28N4O5S/c1-16(26-33(31,32)20-12-10-19(11-13-20)24-17(2)28)23(30)25-21(18-7-4-3-5-8-18)15-27-14-6-9-22(27)29/h3-5,7-8,10-13,16,21,26H,6,9,14-15H2,1-2H3,(H,24,28)(H,25,30)/t16-,21?/m0/s1. The highest BCUT2D eigenvalue weighted by Gasteiger charge is 2.28. The van der Waals surface area contributed by atoms with E-state index in [9.17, 15) is 22.8 Å². The van der Waals surface area contributed by atoms with E-state index >= 15 is 0 Å². The summed E-state index contributed by atoms with van der Waals surface area (Å²) in [5.41, 5.74) is 1.29. The fraction of sp³-hybridized carbons (Fsp3) is 0.348. The minimum Gasteiger partial charge on any atom is -0.346 e. The first-order valence-electron chi connectivity index (χ1n) is 10.7. The van der Waals surface area contributed by atoms with Crippen molar-refractivity contribution in [3.63, 3.8) is 0 Å². The summed E-state index contributed by atoms with van der Waals surface area (Å²) >= 11 is 0. The monoisotopic (exact) mass is 472 g/mol. The van der Waals surface area contributed by atoms with Crippen molar-refractivity contribution in [1.29, 1.82) is 0 Å². The Morgan fingerprint density at radius 3 is 2.30 bits per heavy atom. The molecule has 3 rings (SSSR count). The molecule has 2 aromatic rings. The number of rotatable bonds is 9. The molecule has 176 valence electrons. The summed E-state index contributed by atoms with van der Waals surface area (Å²) in [6.45, 7) is 3.77. The molecule has 1 fully saturated rings. The maximum atomic E-state index is 12.9. The van der Waals surface area contributed by atoms with Crippen LogP contribution in [-0.4, -0.2) is 50.2 Å². The Kier molecular flexibility index (Phi) is 7.83. The lowest BCUT2D eigenvalue weighted by Crippen LogP contribution is -2.47. The number of anilines is 1. The van der Waals surface area contributed by atoms with Crippen LogP contribution >= 0.6 is 0 Å². The van der Waals surface area contributed by atoms with Gasteiger partial charge >= 0.3 is 0 Å². The van der Waals surface area contributed by atoms with E-state index in [1.165, 1.54) is 38.1 Å². The largest absolute Gasteiger partial charge is 0.346 e. The number of hydrogen-bond acceptors (Lipinski definition) is 5. The lowest BCUT2D eigenvalue weighted by atomic mass is 10.1. The van der Waals surface area contributed by atoms with Gasteiger partial charge < -0.3 is 15.5 Å². The first kappa shape index (κ1) is 24.4. The fourth-order valence-electron chi connectivity index (χ4n) is 3.61. The Morgan fingerprint density at radius 2 is 1.73 bits per heavy atom. The molecule has 10 heteroatoms. The van der Waals surface area contributed by atoms with Crippen molar-refractivity contribution in [3.05, 3.63) is 60.2 Å². The van der Waals surface area contributed by atoms with Crippen LogP contribution in [0, 0.1) is 0 Å². The summed E-state index contributed by atoms with van der Waals surface area (Å²) < 4.78 is 27.8. The Hall–Kier alpha value is -3.24. The topological polar surface area (TPSA) is 125 Å². The lowest BCUT2D eigenvalue weighted by Gasteiger charge is -2.26. The molecule has 0 spiro atoms. The number of nitrogens with zero attached hydrogens (tertiary/aromatic N) is 1. The molecule has 2 aromatic carbocycles. The summed E-state index contributed by atoms with van der Waals surface area (Å²) in [5, 5.41) is 5.44. The van der Waals surface area contributed by atoms with E-state index < -0.39 is 28.0 Å². The Balaban J connectivity index is 1.68. The van der Waals surface area contributed by atoms with E-state index in [1.807, 2.05) is 30.3 Å². The van der Waals surface area contributed by atoms with Crippen molar-refractivity contribution in [2.24, 2.45) is 0 Å². The third-order valence-corrected chi connectivity index (χ3v) is 6.86. The molecule has 3 amide bonds. The molecule has 1 unspecified atom stereocenters. The maximum Gasteiger partial charge on any atom is 0.241 e. The van der Waals surface area contributed by atoms with Crippen molar-refractivity contribution < 1.29 is 22.8 Å². The van der Waals surface area contributed by atoms with Crippen molar-refractivity contribution in [2.45, 2.75) is 43.7 Å². The van der Waals surface area contributed by atoms with E-state index in [4.69, 9.17) is 0 Å². The number of nitrogens with one attached hydrogen (secondary N) is 3. The highest BCUT2D eigenvalue weighted by atomic mass is 32.2. The summed E-state index contributed by atoms with van der Waals surface area (Å²) in [4.78, 5) is 37.8. The van der Waals surface area contributed by atoms with Crippen LogP contribution in [0.4, 0.5) is 5.69 Å². The van der Waals surface area contributed by atoms with E-state index in [2.05, 4.69) is 15.4 Å². The number of carbonyl (C=O) groups is 3. The lowest BCUT2D eigenvalue weighted by molar-refractivity contribution is -0.129. The van der Waals surface area contributed by atoms with Gasteiger partial charge in [0.15, 0.2) is 0 Å². The first-order chi connectivity index (χ1) is 15.7. The van der Waals surface area contributed by atoms with Gasteiger partial charge in [0.25, 0.3) is 0 Å². The number of sulfonamides is 1. The Bertz CT molecular complexity index is 1100. The van der Waals surface area contributed by atoms with Crippen LogP contribution in [0.25, 0.3) is 0 Å². The molecule has 0 aliphatic carbocycles. The summed E-state index contributed by atoms with van der Waals surface area (Å²) in [5.74, 6) is -0.729. The molecule has 9 nitrogen and oxygen atoms in total. The molecule has 33 heavy (non-hydrogen) atoms. The molecular weight excluding hydrogens is 444 g/mol. The summed E-state index contributed by atoms with van der Waals surface area (Å²) in [6.07, 6.45) is 1.28. The van der Waals surface area contributed by atoms with Gasteiger partial charge in [-0.2, -0.15) is 4.72 Å². The molecule has 0 saturated carbocycles. The molecule has 0 aromatic heterocycles. The van der Waals surface area contributed by atoms with Gasteiger partial charge in [0.1, 0.15) is 0 Å². The predicted molar refractivity (Wildman–Crippen MR) is 124 cm³/mol. The van der Waals surface area contributed by atoms with Gasteiger partial charge in [-0.3, -0.25) is 14.4 Å². The van der Waals surface area contributed by atoms with Gasteiger partial charge in [0.05, 0.1) is 17.0 Å². The normalized spacial score (nSPS) is 15.7. The van der Waals surface area contributed by atoms with Crippen LogP contribution in [0.2, 0.25) is 0 Å². The maximum absolute atomic E-state index is 12.9. The molecule has 1 aliphatic rings. The van der Waals surface area contributed by atoms with Crippen LogP contribution in [0.5, 0.6) is 0 Å². The number of benzene rings is 2. The SMILES string of the molecule is CC(=O)Nc1ccc(S(=O)(=O)N[C@@H](C)C(=O)NC(CN2CCCC2=O)c2ccccc2)cc1. The van der Waals surface area contributed by atoms with Gasteiger partial charge in [-0.1, -0.05) is 30.3 Å². The van der Waals surface area contributed by atoms with Crippen molar-refractivity contribution >= 4 is 33.4 Å². The quantitative estimate of drug-likeness (QED) is 0.513. The smallest absolute Gasteiger partial charge is 0.241 e. The third-order valence-electron chi connectivity index (χ3n) is 5.30. The van der Waals surface area contributed by atoms with E-state index in [-0.39, 0.29) is 16.7 Å². The second-order valence-corrected chi connectivity index (χ2v) is 9.68. The van der Waals surface area contributed by atoms with E-state index in [1.54, 1.807) is 4.90 Å². The van der Waals surface area contributed by atoms with Gasteiger partial charge in [0.2, 0.25) is 27.7 Å². The first-order valence-corrected chi connectivity index (χ1v) is 12.2. The molecule has 3 N–H and O–H groups in total. The van der Waals surface area contributed by atoms with Crippen LogP contribution in [0.3, 0.4) is 0 Å². The van der Waals surface area contributed by atoms with Crippen LogP contribution in [0.1, 0.15) is 38.3 Å². The summed E-state index contributed by atoms with van der Waals surface area (Å²) in [6, 6.07) is 13.4. The number of hydrogen-bond donors (Lipinski definition) is 3. The molecule has 1 heterocycles. The second kappa shape index (κ2) is 10.6. The van der Waals surface area contributed by atoms with E-state index in [0.29, 0.717) is 25.2 Å². The van der Waals surface area contributed by atoms with Crippen molar-refractivity contribution in [2.75, 3.05) is 18.4 Å². The van der Waals surface area contributed by atoms with Gasteiger partial charge in [-0.25, -0.2) is 8.42 Å². The molecule has 0 bridgehead atoms. The average Bonchev–Trinajstić information content (AvgIpc) is 3.18. The molecule has 0 radical (unpaired) electrons. The minimum atomic E-state index is -3.97. The zero-order valence-electron chi connectivity index (χ0n) is 18.6. The number of amides is 3. The fourth-order valence-corrected chi connectivity index (χ4v) is 4.81. The third kappa shape index (κ3) is 6.62. The molecule has 2 atom stereocenters. The molecular formula is C23H28N4O5S. The Labute approximate surface area is 193 Å². The molecule has 1 saturated heterocycles. The van der Waals surface area contributed by atoms with Crippen LogP contribution < -0.4 is 15.4 Å². The number of carbonyl (C=O) groups excluding carboxylic acids is 3. The van der Waals surface area contributed by atoms with Gasteiger partial charge in [-0.15, -0.1) is 0 Å².